The van der Waals surface area contributed by atoms with Gasteiger partial charge in [0.25, 0.3) is 5.91 Å². The van der Waals surface area contributed by atoms with E-state index in [1.165, 1.54) is 0 Å². The summed E-state index contributed by atoms with van der Waals surface area (Å²) >= 11 is 0. The van der Waals surface area contributed by atoms with E-state index in [0.29, 0.717) is 5.56 Å². The highest BCUT2D eigenvalue weighted by molar-refractivity contribution is 5.97. The van der Waals surface area contributed by atoms with Crippen LogP contribution < -0.4 is 10.6 Å². The highest BCUT2D eigenvalue weighted by Gasteiger charge is 2.12. The van der Waals surface area contributed by atoms with Crippen LogP contribution in [0, 0.1) is 0 Å². The number of carbonyl (C=O) groups is 3. The molecule has 0 saturated heterocycles. The summed E-state index contributed by atoms with van der Waals surface area (Å²) in [6.07, 6.45) is 0.878. The van der Waals surface area contributed by atoms with E-state index in [1.54, 1.807) is 26.0 Å². The quantitative estimate of drug-likeness (QED) is 0.808. The molecule has 0 aromatic heterocycles. The lowest BCUT2D eigenvalue weighted by Gasteiger charge is -2.09. The van der Waals surface area contributed by atoms with Gasteiger partial charge in [-0.05, 0) is 38.0 Å². The van der Waals surface area contributed by atoms with Crippen molar-refractivity contribution in [3.05, 3.63) is 35.4 Å². The average Bonchev–Trinajstić information content (AvgIpc) is 2.43. The number of aryl methyl sites for hydroxylation is 1. The molecule has 114 valence electrons. The molecule has 0 heterocycles. The summed E-state index contributed by atoms with van der Waals surface area (Å²) in [6.45, 7) is 5.05. The molecule has 0 atom stereocenters. The molecule has 0 unspecified atom stereocenters. The second-order valence-electron chi connectivity index (χ2n) is 4.80. The number of urea groups is 1. The zero-order valence-electron chi connectivity index (χ0n) is 12.4. The average molecular weight is 292 g/mol. The number of benzene rings is 1. The second-order valence-corrected chi connectivity index (χ2v) is 4.80. The highest BCUT2D eigenvalue weighted by Crippen LogP contribution is 2.06. The van der Waals surface area contributed by atoms with Gasteiger partial charge in [-0.1, -0.05) is 19.1 Å². The molecule has 0 aliphatic rings. The Kier molecular flexibility index (Phi) is 6.39. The number of carbonyl (C=O) groups excluding carboxylic acids is 3. The summed E-state index contributed by atoms with van der Waals surface area (Å²) in [7, 11) is 0. The molecule has 0 saturated carbocycles. The van der Waals surface area contributed by atoms with Gasteiger partial charge >= 0.3 is 12.0 Å². The summed E-state index contributed by atoms with van der Waals surface area (Å²) < 4.78 is 4.84. The van der Waals surface area contributed by atoms with Gasteiger partial charge in [-0.2, -0.15) is 0 Å². The molecule has 1 aromatic rings. The van der Waals surface area contributed by atoms with E-state index in [9.17, 15) is 14.4 Å². The first-order valence-electron chi connectivity index (χ1n) is 6.78. The molecular formula is C15H20N2O4. The SMILES string of the molecule is CCc1ccc(C(=O)OCC(=O)NC(=O)NC(C)C)cc1. The van der Waals surface area contributed by atoms with Gasteiger partial charge in [0, 0.05) is 6.04 Å². The molecule has 21 heavy (non-hydrogen) atoms. The number of esters is 1. The van der Waals surface area contributed by atoms with Gasteiger partial charge < -0.3 is 10.1 Å². The molecule has 3 amide bonds. The van der Waals surface area contributed by atoms with Crippen LogP contribution in [0.3, 0.4) is 0 Å². The van der Waals surface area contributed by atoms with Crippen LogP contribution in [0.25, 0.3) is 0 Å². The maximum absolute atomic E-state index is 11.7. The van der Waals surface area contributed by atoms with Crippen LogP contribution in [0.1, 0.15) is 36.7 Å². The minimum Gasteiger partial charge on any atom is -0.452 e. The van der Waals surface area contributed by atoms with Crippen molar-refractivity contribution in [1.29, 1.82) is 0 Å². The molecule has 0 aliphatic carbocycles. The van der Waals surface area contributed by atoms with E-state index in [0.717, 1.165) is 12.0 Å². The number of nitrogens with one attached hydrogen (secondary N) is 2. The molecule has 2 N–H and O–H groups in total. The van der Waals surface area contributed by atoms with Crippen molar-refractivity contribution in [1.82, 2.24) is 10.6 Å². The predicted octanol–water partition coefficient (Wildman–Crippen LogP) is 1.64. The van der Waals surface area contributed by atoms with Crippen LogP contribution in [-0.4, -0.2) is 30.6 Å². The fourth-order valence-corrected chi connectivity index (χ4v) is 1.55. The van der Waals surface area contributed by atoms with E-state index in [2.05, 4.69) is 10.6 Å². The Balaban J connectivity index is 2.41. The van der Waals surface area contributed by atoms with E-state index < -0.39 is 24.5 Å². The summed E-state index contributed by atoms with van der Waals surface area (Å²) in [5, 5.41) is 4.56. The third kappa shape index (κ3) is 6.07. The maximum atomic E-state index is 11.7. The van der Waals surface area contributed by atoms with Crippen LogP contribution in [0.2, 0.25) is 0 Å². The standard InChI is InChI=1S/C15H20N2O4/c1-4-11-5-7-12(8-6-11)14(19)21-9-13(18)17-15(20)16-10(2)3/h5-8,10H,4,9H2,1-3H3,(H2,16,17,18,20). The van der Waals surface area contributed by atoms with Crippen molar-refractivity contribution in [2.75, 3.05) is 6.61 Å². The van der Waals surface area contributed by atoms with Crippen LogP contribution in [-0.2, 0) is 16.0 Å². The zero-order valence-corrected chi connectivity index (χ0v) is 12.4. The lowest BCUT2D eigenvalue weighted by Crippen LogP contribution is -2.44. The predicted molar refractivity (Wildman–Crippen MR) is 77.9 cm³/mol. The van der Waals surface area contributed by atoms with Gasteiger partial charge in [0.05, 0.1) is 5.56 Å². The van der Waals surface area contributed by atoms with Crippen molar-refractivity contribution < 1.29 is 19.1 Å². The number of amides is 3. The Hall–Kier alpha value is -2.37. The summed E-state index contributed by atoms with van der Waals surface area (Å²) in [4.78, 5) is 34.4. The first kappa shape index (κ1) is 16.7. The van der Waals surface area contributed by atoms with E-state index in [-0.39, 0.29) is 6.04 Å². The first-order chi connectivity index (χ1) is 9.92. The Morgan fingerprint density at radius 2 is 1.76 bits per heavy atom. The van der Waals surface area contributed by atoms with E-state index in [1.807, 2.05) is 19.1 Å². The minimum absolute atomic E-state index is 0.0857. The van der Waals surface area contributed by atoms with E-state index in [4.69, 9.17) is 4.74 Å². The number of rotatable bonds is 5. The monoisotopic (exact) mass is 292 g/mol. The number of hydrogen-bond donors (Lipinski definition) is 2. The molecule has 1 aromatic carbocycles. The number of ether oxygens (including phenoxy) is 1. The van der Waals surface area contributed by atoms with E-state index >= 15 is 0 Å². The largest absolute Gasteiger partial charge is 0.452 e. The van der Waals surface area contributed by atoms with Crippen molar-refractivity contribution in [3.8, 4) is 0 Å². The molecule has 0 bridgehead atoms. The lowest BCUT2D eigenvalue weighted by atomic mass is 10.1. The first-order valence-corrected chi connectivity index (χ1v) is 6.78. The third-order valence-corrected chi connectivity index (χ3v) is 2.60. The van der Waals surface area contributed by atoms with Crippen LogP contribution in [0.5, 0.6) is 0 Å². The molecule has 6 nitrogen and oxygen atoms in total. The van der Waals surface area contributed by atoms with Crippen molar-refractivity contribution in [2.45, 2.75) is 33.2 Å². The molecule has 0 aliphatic heterocycles. The van der Waals surface area contributed by atoms with Crippen LogP contribution in [0.15, 0.2) is 24.3 Å². The topological polar surface area (TPSA) is 84.5 Å². The number of imide groups is 1. The third-order valence-electron chi connectivity index (χ3n) is 2.60. The van der Waals surface area contributed by atoms with Gasteiger partial charge in [-0.25, -0.2) is 9.59 Å². The summed E-state index contributed by atoms with van der Waals surface area (Å²) in [5.74, 6) is -1.27. The molecule has 6 heteroatoms. The van der Waals surface area contributed by atoms with Gasteiger partial charge in [0.2, 0.25) is 0 Å². The lowest BCUT2D eigenvalue weighted by molar-refractivity contribution is -0.123. The number of hydrogen-bond acceptors (Lipinski definition) is 4. The van der Waals surface area contributed by atoms with Gasteiger partial charge in [0.15, 0.2) is 6.61 Å². The van der Waals surface area contributed by atoms with Gasteiger partial charge in [-0.15, -0.1) is 0 Å². The van der Waals surface area contributed by atoms with Gasteiger partial charge in [-0.3, -0.25) is 10.1 Å². The Labute approximate surface area is 123 Å². The molecule has 0 spiro atoms. The van der Waals surface area contributed by atoms with Crippen molar-refractivity contribution in [2.24, 2.45) is 0 Å². The summed E-state index contributed by atoms with van der Waals surface area (Å²) in [6, 6.07) is 6.24. The fourth-order valence-electron chi connectivity index (χ4n) is 1.55. The van der Waals surface area contributed by atoms with Crippen molar-refractivity contribution >= 4 is 17.9 Å². The Bertz CT molecular complexity index is 509. The van der Waals surface area contributed by atoms with Crippen molar-refractivity contribution in [3.63, 3.8) is 0 Å². The highest BCUT2D eigenvalue weighted by atomic mass is 16.5. The smallest absolute Gasteiger partial charge is 0.338 e. The molecular weight excluding hydrogens is 272 g/mol. The fraction of sp³-hybridized carbons (Fsp3) is 0.400. The Morgan fingerprint density at radius 3 is 2.29 bits per heavy atom. The normalized spacial score (nSPS) is 10.1. The Morgan fingerprint density at radius 1 is 1.14 bits per heavy atom. The summed E-state index contributed by atoms with van der Waals surface area (Å²) in [5.41, 5.74) is 1.47. The minimum atomic E-state index is -0.674. The maximum Gasteiger partial charge on any atom is 0.338 e. The molecule has 1 rings (SSSR count). The molecule has 0 fully saturated rings. The molecule has 0 radical (unpaired) electrons. The van der Waals surface area contributed by atoms with Crippen LogP contribution >= 0.6 is 0 Å². The zero-order chi connectivity index (χ0) is 15.8. The van der Waals surface area contributed by atoms with Gasteiger partial charge in [0.1, 0.15) is 0 Å². The second kappa shape index (κ2) is 8.04. The van der Waals surface area contributed by atoms with Crippen LogP contribution in [0.4, 0.5) is 4.79 Å².